The molecule has 3 rings (SSSR count). The first-order valence-corrected chi connectivity index (χ1v) is 9.73. The van der Waals surface area contributed by atoms with E-state index in [2.05, 4.69) is 4.72 Å². The molecule has 0 unspecified atom stereocenters. The highest BCUT2D eigenvalue weighted by Gasteiger charge is 2.22. The van der Waals surface area contributed by atoms with E-state index in [-0.39, 0.29) is 10.3 Å². The standard InChI is InChI=1S/C16H18N2O4S2/c1-11-3-6-15(23-11)24(20,21)17-14-5-4-12-7-8-18(16(19)22-2)10-13(12)9-14/h3-6,9,17H,7-8,10H2,1-2H3. The fourth-order valence-corrected chi connectivity index (χ4v) is 5.00. The molecule has 128 valence electrons. The lowest BCUT2D eigenvalue weighted by atomic mass is 9.99. The minimum absolute atomic E-state index is 0.286. The Balaban J connectivity index is 1.83. The van der Waals surface area contributed by atoms with E-state index in [4.69, 9.17) is 4.74 Å². The molecule has 0 atom stereocenters. The van der Waals surface area contributed by atoms with E-state index < -0.39 is 10.0 Å². The molecular formula is C16H18N2O4S2. The normalized spacial score (nSPS) is 14.2. The van der Waals surface area contributed by atoms with Crippen molar-refractivity contribution >= 4 is 33.1 Å². The molecule has 8 heteroatoms. The van der Waals surface area contributed by atoms with Gasteiger partial charge in [-0.2, -0.15) is 0 Å². The lowest BCUT2D eigenvalue weighted by Crippen LogP contribution is -2.35. The van der Waals surface area contributed by atoms with E-state index in [1.807, 2.05) is 13.0 Å². The minimum atomic E-state index is -3.59. The van der Waals surface area contributed by atoms with Gasteiger partial charge in [0.2, 0.25) is 0 Å². The maximum absolute atomic E-state index is 12.4. The maximum Gasteiger partial charge on any atom is 0.409 e. The second-order valence-electron chi connectivity index (χ2n) is 5.60. The monoisotopic (exact) mass is 366 g/mol. The Morgan fingerprint density at radius 2 is 2.04 bits per heavy atom. The highest BCUT2D eigenvalue weighted by atomic mass is 32.2. The van der Waals surface area contributed by atoms with Crippen molar-refractivity contribution < 1.29 is 17.9 Å². The van der Waals surface area contributed by atoms with Crippen molar-refractivity contribution in [2.45, 2.75) is 24.1 Å². The first-order valence-electron chi connectivity index (χ1n) is 7.43. The van der Waals surface area contributed by atoms with Crippen molar-refractivity contribution in [3.05, 3.63) is 46.3 Å². The minimum Gasteiger partial charge on any atom is -0.453 e. The van der Waals surface area contributed by atoms with Crippen LogP contribution in [0.15, 0.2) is 34.5 Å². The number of hydrogen-bond donors (Lipinski definition) is 1. The molecule has 1 aromatic heterocycles. The highest BCUT2D eigenvalue weighted by molar-refractivity contribution is 7.94. The Kier molecular flexibility index (Phi) is 4.51. The summed E-state index contributed by atoms with van der Waals surface area (Å²) in [5.74, 6) is 0. The topological polar surface area (TPSA) is 75.7 Å². The molecule has 0 saturated carbocycles. The number of anilines is 1. The predicted molar refractivity (Wildman–Crippen MR) is 92.8 cm³/mol. The third-order valence-electron chi connectivity index (χ3n) is 3.88. The molecule has 0 spiro atoms. The molecule has 0 fully saturated rings. The van der Waals surface area contributed by atoms with Crippen LogP contribution in [0.4, 0.5) is 10.5 Å². The summed E-state index contributed by atoms with van der Waals surface area (Å²) in [4.78, 5) is 14.2. The molecule has 0 saturated heterocycles. The van der Waals surface area contributed by atoms with Gasteiger partial charge in [-0.05, 0) is 48.7 Å². The fraction of sp³-hybridized carbons (Fsp3) is 0.312. The molecule has 1 aliphatic heterocycles. The number of fused-ring (bicyclic) bond motifs is 1. The molecule has 1 amide bonds. The average Bonchev–Trinajstić information content (AvgIpc) is 3.00. The van der Waals surface area contributed by atoms with Crippen LogP contribution in [0.25, 0.3) is 0 Å². The van der Waals surface area contributed by atoms with Crippen molar-refractivity contribution in [1.29, 1.82) is 0 Å². The second-order valence-corrected chi connectivity index (χ2v) is 8.79. The lowest BCUT2D eigenvalue weighted by molar-refractivity contribution is 0.118. The van der Waals surface area contributed by atoms with Crippen molar-refractivity contribution in [2.24, 2.45) is 0 Å². The van der Waals surface area contributed by atoms with Gasteiger partial charge in [0.1, 0.15) is 4.21 Å². The molecule has 0 aliphatic carbocycles. The summed E-state index contributed by atoms with van der Waals surface area (Å²) in [7, 11) is -2.24. The lowest BCUT2D eigenvalue weighted by Gasteiger charge is -2.28. The number of carbonyl (C=O) groups excluding carboxylic acids is 1. The number of benzene rings is 1. The molecule has 0 bridgehead atoms. The summed E-state index contributed by atoms with van der Waals surface area (Å²) < 4.78 is 32.5. The van der Waals surface area contributed by atoms with Crippen LogP contribution in [0.1, 0.15) is 16.0 Å². The number of hydrogen-bond acceptors (Lipinski definition) is 5. The first kappa shape index (κ1) is 16.8. The van der Waals surface area contributed by atoms with Crippen LogP contribution < -0.4 is 4.72 Å². The zero-order valence-electron chi connectivity index (χ0n) is 13.4. The predicted octanol–water partition coefficient (Wildman–Crippen LogP) is 2.98. The van der Waals surface area contributed by atoms with Crippen LogP contribution in [0.3, 0.4) is 0 Å². The third-order valence-corrected chi connectivity index (χ3v) is 6.76. The zero-order valence-corrected chi connectivity index (χ0v) is 15.0. The Morgan fingerprint density at radius 3 is 2.71 bits per heavy atom. The SMILES string of the molecule is COC(=O)N1CCc2ccc(NS(=O)(=O)c3ccc(C)s3)cc2C1. The molecule has 6 nitrogen and oxygen atoms in total. The Bertz CT molecular complexity index is 874. The van der Waals surface area contributed by atoms with Crippen LogP contribution in [0, 0.1) is 6.92 Å². The van der Waals surface area contributed by atoms with Crippen LogP contribution in [0.5, 0.6) is 0 Å². The van der Waals surface area contributed by atoms with E-state index in [0.717, 1.165) is 22.4 Å². The summed E-state index contributed by atoms with van der Waals surface area (Å²) in [5.41, 5.74) is 2.53. The molecule has 1 aromatic carbocycles. The number of aryl methyl sites for hydroxylation is 1. The number of amides is 1. The summed E-state index contributed by atoms with van der Waals surface area (Å²) in [5, 5.41) is 0. The highest BCUT2D eigenvalue weighted by Crippen LogP contribution is 2.27. The number of rotatable bonds is 3. The van der Waals surface area contributed by atoms with E-state index in [0.29, 0.717) is 18.8 Å². The number of methoxy groups -OCH3 is 1. The van der Waals surface area contributed by atoms with Crippen molar-refractivity contribution in [3.8, 4) is 0 Å². The van der Waals surface area contributed by atoms with E-state index >= 15 is 0 Å². The molecule has 0 radical (unpaired) electrons. The Labute approximate surface area is 145 Å². The van der Waals surface area contributed by atoms with Gasteiger partial charge in [0.05, 0.1) is 7.11 Å². The maximum atomic E-state index is 12.4. The number of ether oxygens (including phenoxy) is 1. The van der Waals surface area contributed by atoms with Crippen LogP contribution >= 0.6 is 11.3 Å². The number of nitrogens with zero attached hydrogens (tertiary/aromatic N) is 1. The van der Waals surface area contributed by atoms with Gasteiger partial charge < -0.3 is 9.64 Å². The van der Waals surface area contributed by atoms with Gasteiger partial charge in [-0.25, -0.2) is 13.2 Å². The summed E-state index contributed by atoms with van der Waals surface area (Å²) >= 11 is 1.23. The van der Waals surface area contributed by atoms with Gasteiger partial charge in [-0.1, -0.05) is 6.07 Å². The van der Waals surface area contributed by atoms with E-state index in [1.54, 1.807) is 29.2 Å². The van der Waals surface area contributed by atoms with Crippen LogP contribution in [-0.2, 0) is 27.7 Å². The van der Waals surface area contributed by atoms with Crippen LogP contribution in [-0.4, -0.2) is 33.1 Å². The summed E-state index contributed by atoms with van der Waals surface area (Å²) in [6.07, 6.45) is 0.349. The van der Waals surface area contributed by atoms with Gasteiger partial charge >= 0.3 is 6.09 Å². The largest absolute Gasteiger partial charge is 0.453 e. The number of thiophene rings is 1. The smallest absolute Gasteiger partial charge is 0.409 e. The number of carbonyl (C=O) groups is 1. The summed E-state index contributed by atoms with van der Waals surface area (Å²) in [6.45, 7) is 2.87. The van der Waals surface area contributed by atoms with Crippen molar-refractivity contribution in [1.82, 2.24) is 4.90 Å². The van der Waals surface area contributed by atoms with E-state index in [1.165, 1.54) is 18.4 Å². The Hall–Kier alpha value is -2.06. The average molecular weight is 366 g/mol. The molecule has 1 aliphatic rings. The van der Waals surface area contributed by atoms with Crippen molar-refractivity contribution in [3.63, 3.8) is 0 Å². The summed E-state index contributed by atoms with van der Waals surface area (Å²) in [6, 6.07) is 8.81. The third kappa shape index (κ3) is 3.39. The van der Waals surface area contributed by atoms with Gasteiger partial charge in [0, 0.05) is 23.7 Å². The molecular weight excluding hydrogens is 348 g/mol. The molecule has 2 aromatic rings. The number of nitrogens with one attached hydrogen (secondary N) is 1. The quantitative estimate of drug-likeness (QED) is 0.906. The van der Waals surface area contributed by atoms with Gasteiger partial charge in [0.25, 0.3) is 10.0 Å². The zero-order chi connectivity index (χ0) is 17.3. The van der Waals surface area contributed by atoms with Crippen LogP contribution in [0.2, 0.25) is 0 Å². The van der Waals surface area contributed by atoms with Gasteiger partial charge in [-0.3, -0.25) is 4.72 Å². The first-order chi connectivity index (χ1) is 11.4. The molecule has 24 heavy (non-hydrogen) atoms. The second kappa shape index (κ2) is 6.45. The molecule has 2 heterocycles. The van der Waals surface area contributed by atoms with Gasteiger partial charge in [-0.15, -0.1) is 11.3 Å². The van der Waals surface area contributed by atoms with E-state index in [9.17, 15) is 13.2 Å². The Morgan fingerprint density at radius 1 is 1.25 bits per heavy atom. The van der Waals surface area contributed by atoms with Crippen molar-refractivity contribution in [2.75, 3.05) is 18.4 Å². The molecule has 1 N–H and O–H groups in total. The van der Waals surface area contributed by atoms with Gasteiger partial charge in [0.15, 0.2) is 0 Å². The fourth-order valence-electron chi connectivity index (χ4n) is 2.67. The number of sulfonamides is 1.